The van der Waals surface area contributed by atoms with Gasteiger partial charge in [-0.3, -0.25) is 19.2 Å². The summed E-state index contributed by atoms with van der Waals surface area (Å²) in [5.74, 6) is -7.15. The van der Waals surface area contributed by atoms with Gasteiger partial charge >= 0.3 is 23.9 Å². The van der Waals surface area contributed by atoms with E-state index >= 15 is 0 Å². The predicted octanol–water partition coefficient (Wildman–Crippen LogP) is 9.64. The van der Waals surface area contributed by atoms with Gasteiger partial charge in [-0.15, -0.1) is 0 Å². The van der Waals surface area contributed by atoms with Crippen LogP contribution in [0, 0.1) is 25.7 Å². The number of nitrogens with zero attached hydrogens (tertiary/aromatic N) is 2. The molecule has 0 heterocycles. The zero-order valence-electron chi connectivity index (χ0n) is 33.7. The Bertz CT molecular complexity index is 1860. The van der Waals surface area contributed by atoms with Crippen LogP contribution >= 0.6 is 23.2 Å². The number of carbonyl (C=O) groups excluding carboxylic acids is 4. The lowest BCUT2D eigenvalue weighted by atomic mass is 9.80. The molecule has 12 heteroatoms. The lowest BCUT2D eigenvalue weighted by molar-refractivity contribution is -0.164. The molecule has 4 rings (SSSR count). The van der Waals surface area contributed by atoms with Crippen molar-refractivity contribution in [3.63, 3.8) is 0 Å². The number of benzene rings is 4. The minimum Gasteiger partial charge on any atom is -0.465 e. The zero-order chi connectivity index (χ0) is 42.2. The quantitative estimate of drug-likeness (QED) is 0.0300. The largest absolute Gasteiger partial charge is 0.465 e. The van der Waals surface area contributed by atoms with E-state index in [-0.39, 0.29) is 39.3 Å². The van der Waals surface area contributed by atoms with E-state index in [1.807, 2.05) is 62.4 Å². The Kier molecular flexibility index (Phi) is 17.7. The number of hydrogen-bond acceptors (Lipinski definition) is 10. The van der Waals surface area contributed by atoms with Crippen molar-refractivity contribution in [3.8, 4) is 0 Å². The summed E-state index contributed by atoms with van der Waals surface area (Å²) in [5.41, 5.74) is 5.41. The van der Waals surface area contributed by atoms with Crippen LogP contribution in [-0.2, 0) is 38.1 Å². The van der Waals surface area contributed by atoms with Gasteiger partial charge in [0, 0.05) is 34.7 Å². The standard InChI is InChI=1S/C46H50Cl2N2O8/c1-7-55-43(51)41(44(52)56-8-2)37(31-15-11-29(5)12-16-31)27-39(33-19-23-35(47)24-20-33)49-50-40(34-21-25-36(48)26-22-34)28-38(32-17-13-30(6)14-18-32)42(45(53)57-9-3)46(54)58-10-4/h11-26,37-38,41-42H,7-10,27-28H2,1-6H3/b49-39+,50-40+. The first kappa shape index (κ1) is 45.4. The molecule has 0 amide bonds. The Morgan fingerprint density at radius 1 is 0.466 bits per heavy atom. The Morgan fingerprint density at radius 2 is 0.741 bits per heavy atom. The number of carbonyl (C=O) groups is 4. The first-order valence-electron chi connectivity index (χ1n) is 19.3. The highest BCUT2D eigenvalue weighted by Gasteiger charge is 2.41. The van der Waals surface area contributed by atoms with E-state index in [0.29, 0.717) is 43.7 Å². The fraction of sp³-hybridized carbons (Fsp3) is 0.348. The minimum absolute atomic E-state index is 0.0417. The zero-order valence-corrected chi connectivity index (χ0v) is 35.2. The monoisotopic (exact) mass is 828 g/mol. The van der Waals surface area contributed by atoms with E-state index in [1.165, 1.54) is 0 Å². The van der Waals surface area contributed by atoms with Crippen molar-refractivity contribution < 1.29 is 38.1 Å². The highest BCUT2D eigenvalue weighted by atomic mass is 35.5. The van der Waals surface area contributed by atoms with Gasteiger partial charge in [0.2, 0.25) is 0 Å². The minimum atomic E-state index is -1.33. The lowest BCUT2D eigenvalue weighted by Crippen LogP contribution is -2.35. The van der Waals surface area contributed by atoms with E-state index in [2.05, 4.69) is 0 Å². The molecule has 0 aliphatic rings. The third-order valence-corrected chi connectivity index (χ3v) is 9.95. The van der Waals surface area contributed by atoms with Crippen LogP contribution in [0.4, 0.5) is 0 Å². The molecule has 306 valence electrons. The van der Waals surface area contributed by atoms with E-state index < -0.39 is 47.5 Å². The molecule has 10 nitrogen and oxygen atoms in total. The highest BCUT2D eigenvalue weighted by Crippen LogP contribution is 2.35. The van der Waals surface area contributed by atoms with Gasteiger partial charge in [0.25, 0.3) is 0 Å². The predicted molar refractivity (Wildman–Crippen MR) is 227 cm³/mol. The van der Waals surface area contributed by atoms with Gasteiger partial charge in [0.05, 0.1) is 37.9 Å². The summed E-state index contributed by atoms with van der Waals surface area (Å²) in [5, 5.41) is 10.7. The third kappa shape index (κ3) is 12.6. The van der Waals surface area contributed by atoms with Crippen molar-refractivity contribution >= 4 is 58.5 Å². The summed E-state index contributed by atoms with van der Waals surface area (Å²) in [4.78, 5) is 54.5. The molecule has 4 aromatic carbocycles. The molecule has 0 aliphatic carbocycles. The third-order valence-electron chi connectivity index (χ3n) is 9.45. The van der Waals surface area contributed by atoms with Crippen molar-refractivity contribution in [2.45, 2.75) is 66.2 Å². The van der Waals surface area contributed by atoms with Gasteiger partial charge in [0.1, 0.15) is 0 Å². The highest BCUT2D eigenvalue weighted by molar-refractivity contribution is 6.31. The second kappa shape index (κ2) is 22.6. The summed E-state index contributed by atoms with van der Waals surface area (Å²) in [7, 11) is 0. The van der Waals surface area contributed by atoms with Crippen molar-refractivity contribution in [1.29, 1.82) is 0 Å². The van der Waals surface area contributed by atoms with Crippen molar-refractivity contribution in [1.82, 2.24) is 0 Å². The molecule has 0 radical (unpaired) electrons. The molecule has 0 saturated carbocycles. The topological polar surface area (TPSA) is 130 Å². The summed E-state index contributed by atoms with van der Waals surface area (Å²) in [6.07, 6.45) is 0.0834. The maximum atomic E-state index is 13.6. The van der Waals surface area contributed by atoms with Crippen LogP contribution < -0.4 is 0 Å². The van der Waals surface area contributed by atoms with Gasteiger partial charge < -0.3 is 18.9 Å². The molecule has 0 aromatic heterocycles. The van der Waals surface area contributed by atoms with E-state index in [0.717, 1.165) is 11.1 Å². The van der Waals surface area contributed by atoms with Crippen LogP contribution in [0.2, 0.25) is 10.0 Å². The molecule has 2 unspecified atom stereocenters. The van der Waals surface area contributed by atoms with E-state index in [9.17, 15) is 19.2 Å². The van der Waals surface area contributed by atoms with Crippen LogP contribution in [-0.4, -0.2) is 61.7 Å². The van der Waals surface area contributed by atoms with Gasteiger partial charge in [-0.25, -0.2) is 0 Å². The molecule has 0 fully saturated rings. The Hall–Kier alpha value is -5.32. The van der Waals surface area contributed by atoms with Gasteiger partial charge in [-0.1, -0.05) is 107 Å². The lowest BCUT2D eigenvalue weighted by Gasteiger charge is -2.26. The maximum Gasteiger partial charge on any atom is 0.320 e. The number of aryl methyl sites for hydroxylation is 2. The van der Waals surface area contributed by atoms with Crippen LogP contribution in [0.5, 0.6) is 0 Å². The van der Waals surface area contributed by atoms with Crippen molar-refractivity contribution in [3.05, 3.63) is 140 Å². The van der Waals surface area contributed by atoms with E-state index in [4.69, 9.17) is 52.4 Å². The number of esters is 4. The molecule has 0 N–H and O–H groups in total. The number of rotatable bonds is 19. The van der Waals surface area contributed by atoms with Crippen LogP contribution in [0.25, 0.3) is 0 Å². The molecule has 2 atom stereocenters. The number of ether oxygens (including phenoxy) is 4. The SMILES string of the molecule is CCOC(=O)C(C(=O)OCC)C(C/C(=N\N=C(/CC(c1ccc(C)cc1)C(C(=O)OCC)C(=O)OCC)c1ccc(Cl)cc1)c1ccc(Cl)cc1)c1ccc(C)cc1. The average molecular weight is 830 g/mol. The molecule has 0 spiro atoms. The molecule has 0 bridgehead atoms. The van der Waals surface area contributed by atoms with E-state index in [1.54, 1.807) is 76.2 Å². The molecular weight excluding hydrogens is 779 g/mol. The van der Waals surface area contributed by atoms with Crippen molar-refractivity contribution in [2.24, 2.45) is 22.0 Å². The number of hydrogen-bond donors (Lipinski definition) is 0. The van der Waals surface area contributed by atoms with Crippen molar-refractivity contribution in [2.75, 3.05) is 26.4 Å². The fourth-order valence-corrected chi connectivity index (χ4v) is 6.77. The Balaban J connectivity index is 1.99. The number of halogens is 2. The molecule has 0 saturated heterocycles. The maximum absolute atomic E-state index is 13.6. The fourth-order valence-electron chi connectivity index (χ4n) is 6.52. The second-order valence-electron chi connectivity index (χ2n) is 13.5. The van der Waals surface area contributed by atoms with Crippen LogP contribution in [0.15, 0.2) is 107 Å². The first-order valence-corrected chi connectivity index (χ1v) is 20.1. The Morgan fingerprint density at radius 3 is 1.00 bits per heavy atom. The average Bonchev–Trinajstić information content (AvgIpc) is 3.20. The molecule has 0 aliphatic heterocycles. The molecule has 4 aromatic rings. The van der Waals surface area contributed by atoms with Gasteiger partial charge in [-0.2, -0.15) is 10.2 Å². The molecule has 58 heavy (non-hydrogen) atoms. The first-order chi connectivity index (χ1) is 27.9. The Labute approximate surface area is 350 Å². The molecular formula is C46H50Cl2N2O8. The normalized spacial score (nSPS) is 12.9. The van der Waals surface area contributed by atoms with Crippen LogP contribution in [0.3, 0.4) is 0 Å². The van der Waals surface area contributed by atoms with Gasteiger partial charge in [-0.05, 0) is 88.1 Å². The van der Waals surface area contributed by atoms with Crippen LogP contribution in [0.1, 0.15) is 85.8 Å². The van der Waals surface area contributed by atoms with Gasteiger partial charge in [0.15, 0.2) is 11.8 Å². The summed E-state index contributed by atoms with van der Waals surface area (Å²) in [6, 6.07) is 29.0. The summed E-state index contributed by atoms with van der Waals surface area (Å²) < 4.78 is 21.8. The summed E-state index contributed by atoms with van der Waals surface area (Å²) in [6.45, 7) is 10.8. The summed E-state index contributed by atoms with van der Waals surface area (Å²) >= 11 is 12.7. The second-order valence-corrected chi connectivity index (χ2v) is 14.4. The smallest absolute Gasteiger partial charge is 0.320 e.